The molecule has 2 saturated heterocycles. The Kier molecular flexibility index (Phi) is 6.96. The van der Waals surface area contributed by atoms with Gasteiger partial charge in [0, 0.05) is 38.8 Å². The molecule has 0 radical (unpaired) electrons. The van der Waals surface area contributed by atoms with Crippen LogP contribution in [0.2, 0.25) is 0 Å². The molecule has 0 unspecified atom stereocenters. The molecule has 0 spiro atoms. The number of likely N-dealkylation sites (N-methyl/N-ethyl adjacent to an activating group) is 1. The Morgan fingerprint density at radius 1 is 1.15 bits per heavy atom. The number of carbonyl (C=O) groups is 1. The average Bonchev–Trinajstić information content (AvgIpc) is 3.41. The fourth-order valence-electron chi connectivity index (χ4n) is 4.24. The van der Waals surface area contributed by atoms with Gasteiger partial charge in [-0.05, 0) is 42.4 Å². The van der Waals surface area contributed by atoms with E-state index >= 15 is 0 Å². The van der Waals surface area contributed by atoms with Gasteiger partial charge in [0.2, 0.25) is 0 Å². The molecule has 34 heavy (non-hydrogen) atoms. The zero-order chi connectivity index (χ0) is 23.5. The Morgan fingerprint density at radius 2 is 1.97 bits per heavy atom. The highest BCUT2D eigenvalue weighted by Crippen LogP contribution is 2.28. The number of hydrogen-bond acceptors (Lipinski definition) is 7. The number of fused-ring (bicyclic) bond motifs is 1. The minimum atomic E-state index is -0.152. The first-order chi connectivity index (χ1) is 16.6. The van der Waals surface area contributed by atoms with Crippen LogP contribution < -0.4 is 10.1 Å². The highest BCUT2D eigenvalue weighted by molar-refractivity contribution is 8.26. The van der Waals surface area contributed by atoms with Crippen molar-refractivity contribution in [3.8, 4) is 11.4 Å². The first-order valence-corrected chi connectivity index (χ1v) is 12.7. The lowest BCUT2D eigenvalue weighted by Crippen LogP contribution is -2.47. The first kappa shape index (κ1) is 23.0. The number of nitrogens with one attached hydrogen (secondary N) is 1. The molecule has 1 N–H and O–H groups in total. The maximum Gasteiger partial charge on any atom is 0.263 e. The lowest BCUT2D eigenvalue weighted by atomic mass is 10.1. The molecule has 9 heteroatoms. The number of rotatable bonds is 7. The fourth-order valence-corrected chi connectivity index (χ4v) is 5.28. The zero-order valence-corrected chi connectivity index (χ0v) is 20.7. The van der Waals surface area contributed by atoms with E-state index in [1.54, 1.807) is 0 Å². The van der Waals surface area contributed by atoms with E-state index in [9.17, 15) is 4.79 Å². The lowest BCUT2D eigenvalue weighted by molar-refractivity contribution is -0.115. The van der Waals surface area contributed by atoms with Crippen LogP contribution in [-0.4, -0.2) is 75.5 Å². The van der Waals surface area contributed by atoms with Gasteiger partial charge in [-0.25, -0.2) is 4.98 Å². The van der Waals surface area contributed by atoms with Crippen molar-refractivity contribution in [2.45, 2.75) is 6.92 Å². The Labute approximate surface area is 208 Å². The van der Waals surface area contributed by atoms with Crippen molar-refractivity contribution in [1.82, 2.24) is 24.7 Å². The molecule has 1 aromatic heterocycles. The predicted octanol–water partition coefficient (Wildman–Crippen LogP) is 3.53. The quantitative estimate of drug-likeness (QED) is 0.399. The van der Waals surface area contributed by atoms with Crippen LogP contribution in [0.3, 0.4) is 0 Å². The van der Waals surface area contributed by atoms with Crippen LogP contribution >= 0.6 is 24.0 Å². The summed E-state index contributed by atoms with van der Waals surface area (Å²) >= 11 is 6.37. The minimum Gasteiger partial charge on any atom is -0.492 e. The molecule has 1 amide bonds. The molecule has 5 rings (SSSR count). The van der Waals surface area contributed by atoms with Gasteiger partial charge >= 0.3 is 0 Å². The normalized spacial score (nSPS) is 18.7. The number of carbonyl (C=O) groups excluding carboxylic acids is 1. The maximum atomic E-state index is 12.0. The summed E-state index contributed by atoms with van der Waals surface area (Å²) < 4.78 is 8.62. The third kappa shape index (κ3) is 5.17. The summed E-state index contributed by atoms with van der Waals surface area (Å²) in [4.78, 5) is 22.1. The number of benzene rings is 2. The highest BCUT2D eigenvalue weighted by Gasteiger charge is 2.22. The molecular formula is C25H27N5O2S2. The van der Waals surface area contributed by atoms with Crippen LogP contribution in [0.1, 0.15) is 12.5 Å². The lowest BCUT2D eigenvalue weighted by Gasteiger charge is -2.33. The van der Waals surface area contributed by atoms with E-state index in [1.807, 2.05) is 59.4 Å². The number of imidazole rings is 1. The second-order valence-electron chi connectivity index (χ2n) is 8.34. The van der Waals surface area contributed by atoms with Gasteiger partial charge in [0.1, 0.15) is 23.0 Å². The number of thioether (sulfide) groups is 1. The molecule has 0 aliphatic carbocycles. The molecule has 2 aliphatic rings. The molecule has 2 aromatic carbocycles. The number of hydrogen-bond donors (Lipinski definition) is 1. The Balaban J connectivity index is 1.29. The first-order valence-electron chi connectivity index (χ1n) is 11.5. The Morgan fingerprint density at radius 3 is 2.74 bits per heavy atom. The summed E-state index contributed by atoms with van der Waals surface area (Å²) in [5.41, 5.74) is 3.76. The van der Waals surface area contributed by atoms with Gasteiger partial charge in [-0.3, -0.25) is 14.3 Å². The van der Waals surface area contributed by atoms with Gasteiger partial charge in [0.05, 0.1) is 21.6 Å². The van der Waals surface area contributed by atoms with Gasteiger partial charge in [0.15, 0.2) is 0 Å². The fraction of sp³-hybridized carbons (Fsp3) is 0.320. The van der Waals surface area contributed by atoms with Crippen molar-refractivity contribution < 1.29 is 9.53 Å². The SMILES string of the molecule is CCN1CCN(CCOc2cccc(-n3cnc4ccc(/C=C5\SC(=S)NC5=O)cc43)c2)CC1. The molecular weight excluding hydrogens is 466 g/mol. The Hall–Kier alpha value is -2.72. The van der Waals surface area contributed by atoms with Gasteiger partial charge in [-0.1, -0.05) is 43.0 Å². The number of ether oxygens (including phenoxy) is 1. The van der Waals surface area contributed by atoms with E-state index in [4.69, 9.17) is 17.0 Å². The third-order valence-electron chi connectivity index (χ3n) is 6.20. The standard InChI is InChI=1S/C25H27N5O2S2/c1-2-28-8-10-29(11-9-28)12-13-32-20-5-3-4-19(16-20)30-17-26-21-7-6-18(14-22(21)30)15-23-24(31)27-25(33)34-23/h3-7,14-17H,2,8-13H2,1H3,(H,27,31,33)/b23-15-. The second-order valence-corrected chi connectivity index (χ2v) is 10.1. The summed E-state index contributed by atoms with van der Waals surface area (Å²) in [5.74, 6) is 0.693. The number of aromatic nitrogens is 2. The van der Waals surface area contributed by atoms with Gasteiger partial charge in [-0.2, -0.15) is 0 Å². The largest absolute Gasteiger partial charge is 0.492 e. The zero-order valence-electron chi connectivity index (χ0n) is 19.1. The molecule has 3 heterocycles. The van der Waals surface area contributed by atoms with Gasteiger partial charge in [0.25, 0.3) is 5.91 Å². The summed E-state index contributed by atoms with van der Waals surface area (Å²) in [6.45, 7) is 9.41. The molecule has 2 fully saturated rings. The third-order valence-corrected chi connectivity index (χ3v) is 7.36. The van der Waals surface area contributed by atoms with Crippen LogP contribution in [0.25, 0.3) is 22.8 Å². The van der Waals surface area contributed by atoms with Crippen LogP contribution in [0.5, 0.6) is 5.75 Å². The average molecular weight is 494 g/mol. The monoisotopic (exact) mass is 493 g/mol. The van der Waals surface area contributed by atoms with E-state index in [-0.39, 0.29) is 5.91 Å². The van der Waals surface area contributed by atoms with E-state index in [0.29, 0.717) is 15.8 Å². The summed E-state index contributed by atoms with van der Waals surface area (Å²) in [6.07, 6.45) is 3.68. The van der Waals surface area contributed by atoms with Crippen molar-refractivity contribution in [2.75, 3.05) is 45.9 Å². The molecule has 3 aromatic rings. The van der Waals surface area contributed by atoms with Crippen LogP contribution in [-0.2, 0) is 4.79 Å². The van der Waals surface area contributed by atoms with Crippen LogP contribution in [0.15, 0.2) is 53.7 Å². The molecule has 0 bridgehead atoms. The van der Waals surface area contributed by atoms with Crippen molar-refractivity contribution in [3.63, 3.8) is 0 Å². The predicted molar refractivity (Wildman–Crippen MR) is 141 cm³/mol. The van der Waals surface area contributed by atoms with Gasteiger partial charge < -0.3 is 15.0 Å². The van der Waals surface area contributed by atoms with Crippen molar-refractivity contribution in [1.29, 1.82) is 0 Å². The Bertz CT molecular complexity index is 1250. The van der Waals surface area contributed by atoms with Crippen LogP contribution in [0, 0.1) is 0 Å². The van der Waals surface area contributed by atoms with Crippen molar-refractivity contribution in [3.05, 3.63) is 59.3 Å². The smallest absolute Gasteiger partial charge is 0.263 e. The van der Waals surface area contributed by atoms with Crippen molar-refractivity contribution in [2.24, 2.45) is 0 Å². The second kappa shape index (κ2) is 10.3. The van der Waals surface area contributed by atoms with E-state index < -0.39 is 0 Å². The van der Waals surface area contributed by atoms with Crippen molar-refractivity contribution >= 4 is 51.3 Å². The highest BCUT2D eigenvalue weighted by atomic mass is 32.2. The summed E-state index contributed by atoms with van der Waals surface area (Å²) in [6, 6.07) is 14.0. The van der Waals surface area contributed by atoms with E-state index in [1.165, 1.54) is 11.8 Å². The molecule has 7 nitrogen and oxygen atoms in total. The van der Waals surface area contributed by atoms with Crippen LogP contribution in [0.4, 0.5) is 0 Å². The number of piperazine rings is 1. The molecule has 0 atom stereocenters. The molecule has 0 saturated carbocycles. The minimum absolute atomic E-state index is 0.152. The van der Waals surface area contributed by atoms with E-state index in [0.717, 1.165) is 67.3 Å². The summed E-state index contributed by atoms with van der Waals surface area (Å²) in [5, 5.41) is 2.66. The number of nitrogens with zero attached hydrogens (tertiary/aromatic N) is 4. The topological polar surface area (TPSA) is 62.6 Å². The summed E-state index contributed by atoms with van der Waals surface area (Å²) in [7, 11) is 0. The maximum absolute atomic E-state index is 12.0. The number of amides is 1. The van der Waals surface area contributed by atoms with E-state index in [2.05, 4.69) is 27.0 Å². The van der Waals surface area contributed by atoms with Gasteiger partial charge in [-0.15, -0.1) is 0 Å². The number of thiocarbonyl (C=S) groups is 1. The molecule has 176 valence electrons. The molecule has 2 aliphatic heterocycles.